The van der Waals surface area contributed by atoms with Crippen molar-refractivity contribution in [1.29, 1.82) is 0 Å². The molecule has 0 saturated heterocycles. The molecule has 24 heavy (non-hydrogen) atoms. The molecule has 1 aromatic carbocycles. The number of carbonyl (C=O) groups excluding carboxylic acids is 2. The van der Waals surface area contributed by atoms with Crippen molar-refractivity contribution in [2.24, 2.45) is 0 Å². The predicted molar refractivity (Wildman–Crippen MR) is 83.5 cm³/mol. The van der Waals surface area contributed by atoms with E-state index in [4.69, 9.17) is 8.92 Å². The lowest BCUT2D eigenvalue weighted by atomic mass is 10.2. The number of hydrogen-bond acceptors (Lipinski definition) is 7. The molecule has 2 aromatic rings. The van der Waals surface area contributed by atoms with E-state index in [1.165, 1.54) is 19.1 Å². The minimum Gasteiger partial charge on any atom is -0.462 e. The summed E-state index contributed by atoms with van der Waals surface area (Å²) in [5, 5.41) is 3.71. The van der Waals surface area contributed by atoms with Crippen molar-refractivity contribution in [3.63, 3.8) is 0 Å². The van der Waals surface area contributed by atoms with Crippen LogP contribution in [-0.2, 0) is 14.9 Å². The fourth-order valence-corrected chi connectivity index (χ4v) is 2.68. The van der Waals surface area contributed by atoms with Crippen LogP contribution in [0.15, 0.2) is 35.4 Å². The summed E-state index contributed by atoms with van der Waals surface area (Å²) in [6.45, 7) is 4.69. The summed E-state index contributed by atoms with van der Waals surface area (Å²) >= 11 is 0. The minimum atomic E-state index is -4.21. The Balaban J connectivity index is 2.42. The number of benzene rings is 1. The van der Waals surface area contributed by atoms with Crippen LogP contribution in [0.3, 0.4) is 0 Å². The third-order valence-corrected chi connectivity index (χ3v) is 4.22. The first-order valence-electron chi connectivity index (χ1n) is 7.03. The summed E-state index contributed by atoms with van der Waals surface area (Å²) in [4.78, 5) is 23.2. The molecule has 0 atom stereocenters. The van der Waals surface area contributed by atoms with Gasteiger partial charge in [0.05, 0.1) is 12.8 Å². The van der Waals surface area contributed by atoms with E-state index in [1.54, 1.807) is 19.1 Å². The molecule has 0 radical (unpaired) electrons. The van der Waals surface area contributed by atoms with Crippen LogP contribution in [0.2, 0.25) is 0 Å². The number of esters is 1. The van der Waals surface area contributed by atoms with Crippen molar-refractivity contribution >= 4 is 22.0 Å². The van der Waals surface area contributed by atoms with Crippen LogP contribution >= 0.6 is 0 Å². The van der Waals surface area contributed by atoms with Crippen LogP contribution in [0.1, 0.15) is 34.6 Å². The van der Waals surface area contributed by atoms with Gasteiger partial charge >= 0.3 is 16.1 Å². The zero-order valence-corrected chi connectivity index (χ0v) is 14.2. The Hall–Kier alpha value is -2.68. The zero-order chi connectivity index (χ0) is 17.9. The lowest BCUT2D eigenvalue weighted by molar-refractivity contribution is 0.0524. The van der Waals surface area contributed by atoms with Gasteiger partial charge in [0.15, 0.2) is 0 Å². The fraction of sp³-hybridized carbons (Fsp3) is 0.267. The van der Waals surface area contributed by atoms with Gasteiger partial charge < -0.3 is 8.92 Å². The third-order valence-electron chi connectivity index (χ3n) is 3.00. The second kappa shape index (κ2) is 6.83. The molecule has 0 fully saturated rings. The number of ether oxygens (including phenoxy) is 1. The van der Waals surface area contributed by atoms with Gasteiger partial charge in [-0.2, -0.15) is 8.42 Å². The summed E-state index contributed by atoms with van der Waals surface area (Å²) in [5.74, 6) is -1.86. The smallest absolute Gasteiger partial charge is 0.345 e. The average Bonchev–Trinajstić information content (AvgIpc) is 2.91. The molecule has 0 unspecified atom stereocenters. The quantitative estimate of drug-likeness (QED) is 0.597. The van der Waals surface area contributed by atoms with E-state index in [0.29, 0.717) is 0 Å². The molecule has 0 spiro atoms. The first kappa shape index (κ1) is 17.7. The highest BCUT2D eigenvalue weighted by Gasteiger charge is 2.26. The van der Waals surface area contributed by atoms with Crippen molar-refractivity contribution in [1.82, 2.24) is 9.78 Å². The van der Waals surface area contributed by atoms with Gasteiger partial charge in [0, 0.05) is 6.92 Å². The van der Waals surface area contributed by atoms with Gasteiger partial charge in [-0.05, 0) is 26.0 Å². The summed E-state index contributed by atoms with van der Waals surface area (Å²) in [7, 11) is -4.21. The first-order valence-corrected chi connectivity index (χ1v) is 8.44. The molecule has 128 valence electrons. The third kappa shape index (κ3) is 3.80. The van der Waals surface area contributed by atoms with Crippen molar-refractivity contribution in [2.75, 3.05) is 6.61 Å². The lowest BCUT2D eigenvalue weighted by Gasteiger charge is -2.06. The van der Waals surface area contributed by atoms with Gasteiger partial charge in [-0.15, -0.1) is 5.10 Å². The Labute approximate surface area is 139 Å². The summed E-state index contributed by atoms with van der Waals surface area (Å²) in [6, 6.07) is 5.96. The van der Waals surface area contributed by atoms with E-state index in [2.05, 4.69) is 5.10 Å². The average molecular weight is 352 g/mol. The maximum absolute atomic E-state index is 12.3. The Bertz CT molecular complexity index is 868. The van der Waals surface area contributed by atoms with E-state index < -0.39 is 27.9 Å². The van der Waals surface area contributed by atoms with Crippen LogP contribution in [-0.4, -0.2) is 36.7 Å². The van der Waals surface area contributed by atoms with Gasteiger partial charge in [-0.25, -0.2) is 9.48 Å². The van der Waals surface area contributed by atoms with Gasteiger partial charge in [0.25, 0.3) is 5.88 Å². The molecule has 2 rings (SSSR count). The number of hydrogen-bond donors (Lipinski definition) is 0. The number of aromatic nitrogens is 2. The van der Waals surface area contributed by atoms with Crippen LogP contribution in [0, 0.1) is 6.92 Å². The SMILES string of the molecule is CCOC(=O)c1cn(C(C)=O)nc1OS(=O)(=O)c1ccc(C)cc1. The molecule has 0 aliphatic rings. The molecule has 1 aromatic heterocycles. The normalized spacial score (nSPS) is 11.1. The van der Waals surface area contributed by atoms with E-state index in [-0.39, 0.29) is 17.1 Å². The Morgan fingerprint density at radius 3 is 2.38 bits per heavy atom. The van der Waals surface area contributed by atoms with Crippen LogP contribution in [0.5, 0.6) is 5.88 Å². The van der Waals surface area contributed by atoms with Crippen LogP contribution in [0.4, 0.5) is 0 Å². The van der Waals surface area contributed by atoms with Crippen molar-refractivity contribution in [3.8, 4) is 5.88 Å². The molecule has 0 aliphatic heterocycles. The molecule has 0 saturated carbocycles. The van der Waals surface area contributed by atoms with Gasteiger partial charge in [0.2, 0.25) is 5.91 Å². The summed E-state index contributed by atoms with van der Waals surface area (Å²) < 4.78 is 35.2. The Morgan fingerprint density at radius 2 is 1.83 bits per heavy atom. The number of aryl methyl sites for hydroxylation is 1. The zero-order valence-electron chi connectivity index (χ0n) is 13.3. The monoisotopic (exact) mass is 352 g/mol. The second-order valence-electron chi connectivity index (χ2n) is 4.88. The number of rotatable bonds is 5. The fourth-order valence-electron chi connectivity index (χ4n) is 1.79. The molecular weight excluding hydrogens is 336 g/mol. The lowest BCUT2D eigenvalue weighted by Crippen LogP contribution is -2.13. The van der Waals surface area contributed by atoms with E-state index in [9.17, 15) is 18.0 Å². The Morgan fingerprint density at radius 1 is 1.21 bits per heavy atom. The molecule has 0 N–H and O–H groups in total. The predicted octanol–water partition coefficient (Wildman–Crippen LogP) is 1.80. The van der Waals surface area contributed by atoms with E-state index in [0.717, 1.165) is 16.4 Å². The summed E-state index contributed by atoms with van der Waals surface area (Å²) in [6.07, 6.45) is 1.07. The highest BCUT2D eigenvalue weighted by molar-refractivity contribution is 7.87. The standard InChI is InChI=1S/C15H16N2O6S/c1-4-22-15(19)13-9-17(11(3)18)16-14(13)23-24(20,21)12-7-5-10(2)6-8-12/h5-9H,4H2,1-3H3. The molecule has 0 amide bonds. The van der Waals surface area contributed by atoms with Gasteiger partial charge in [-0.3, -0.25) is 4.79 Å². The molecule has 9 heteroatoms. The van der Waals surface area contributed by atoms with Crippen LogP contribution < -0.4 is 4.18 Å². The molecule has 8 nitrogen and oxygen atoms in total. The van der Waals surface area contributed by atoms with Crippen molar-refractivity contribution < 1.29 is 26.9 Å². The molecule has 0 bridgehead atoms. The molecule has 0 aliphatic carbocycles. The molecule has 1 heterocycles. The maximum Gasteiger partial charge on any atom is 0.345 e. The van der Waals surface area contributed by atoms with E-state index in [1.807, 2.05) is 6.92 Å². The van der Waals surface area contributed by atoms with Crippen molar-refractivity contribution in [2.45, 2.75) is 25.7 Å². The van der Waals surface area contributed by atoms with Gasteiger partial charge in [-0.1, -0.05) is 17.7 Å². The highest BCUT2D eigenvalue weighted by atomic mass is 32.2. The topological polar surface area (TPSA) is 105 Å². The summed E-state index contributed by atoms with van der Waals surface area (Å²) in [5.41, 5.74) is 0.629. The van der Waals surface area contributed by atoms with Crippen molar-refractivity contribution in [3.05, 3.63) is 41.6 Å². The molecular formula is C15H16N2O6S. The number of carbonyl (C=O) groups is 2. The minimum absolute atomic E-state index is 0.0776. The highest BCUT2D eigenvalue weighted by Crippen LogP contribution is 2.22. The first-order chi connectivity index (χ1) is 11.2. The second-order valence-corrected chi connectivity index (χ2v) is 6.43. The van der Waals surface area contributed by atoms with Gasteiger partial charge in [0.1, 0.15) is 10.5 Å². The van der Waals surface area contributed by atoms with Crippen LogP contribution in [0.25, 0.3) is 0 Å². The number of nitrogens with zero attached hydrogens (tertiary/aromatic N) is 2. The largest absolute Gasteiger partial charge is 0.462 e. The Kier molecular flexibility index (Phi) is 5.03. The van der Waals surface area contributed by atoms with E-state index >= 15 is 0 Å². The maximum atomic E-state index is 12.3.